The molecule has 1 aromatic heterocycles. The molecule has 0 radical (unpaired) electrons. The summed E-state index contributed by atoms with van der Waals surface area (Å²) in [6.07, 6.45) is 5.23. The Bertz CT molecular complexity index is 259. The molecule has 14 heavy (non-hydrogen) atoms. The lowest BCUT2D eigenvalue weighted by atomic mass is 10.2. The molecule has 2 N–H and O–H groups in total. The van der Waals surface area contributed by atoms with E-state index in [1.807, 2.05) is 11.6 Å². The van der Waals surface area contributed by atoms with Crippen LogP contribution in [0.5, 0.6) is 0 Å². The Hall–Kier alpha value is -0.550. The van der Waals surface area contributed by atoms with E-state index in [2.05, 4.69) is 17.1 Å². The van der Waals surface area contributed by atoms with Gasteiger partial charge in [-0.1, -0.05) is 18.2 Å². The van der Waals surface area contributed by atoms with Gasteiger partial charge in [-0.2, -0.15) is 0 Å². The van der Waals surface area contributed by atoms with E-state index >= 15 is 0 Å². The second-order valence-electron chi connectivity index (χ2n) is 3.55. The first kappa shape index (κ1) is 11.5. The Labute approximate surface area is 89.3 Å². The van der Waals surface area contributed by atoms with Gasteiger partial charge < -0.3 is 10.3 Å². The molecule has 4 nitrogen and oxygen atoms in total. The van der Waals surface area contributed by atoms with Gasteiger partial charge in [0, 0.05) is 18.8 Å². The zero-order valence-corrected chi connectivity index (χ0v) is 9.63. The van der Waals surface area contributed by atoms with Crippen LogP contribution in [-0.2, 0) is 7.05 Å². The summed E-state index contributed by atoms with van der Waals surface area (Å²) in [7, 11) is 1.96. The summed E-state index contributed by atoms with van der Waals surface area (Å²) in [6.45, 7) is 2.05. The van der Waals surface area contributed by atoms with Crippen molar-refractivity contribution in [1.29, 1.82) is 0 Å². The number of hydrogen-bond donors (Lipinski definition) is 1. The van der Waals surface area contributed by atoms with Crippen molar-refractivity contribution in [3.8, 4) is 0 Å². The molecule has 5 heteroatoms. The Balaban J connectivity index is 2.08. The molecule has 0 saturated heterocycles. The van der Waals surface area contributed by atoms with Crippen molar-refractivity contribution in [2.75, 3.05) is 5.75 Å². The molecular weight excluding hydrogens is 196 g/mol. The molecule has 1 unspecified atom stereocenters. The molecule has 0 saturated carbocycles. The van der Waals surface area contributed by atoms with Gasteiger partial charge in [0.2, 0.25) is 0 Å². The van der Waals surface area contributed by atoms with Crippen LogP contribution in [0.3, 0.4) is 0 Å². The van der Waals surface area contributed by atoms with Crippen LogP contribution in [-0.4, -0.2) is 26.6 Å². The number of nitrogens with two attached hydrogens (primary N) is 1. The van der Waals surface area contributed by atoms with Crippen molar-refractivity contribution in [3.63, 3.8) is 0 Å². The van der Waals surface area contributed by atoms with E-state index in [9.17, 15) is 0 Å². The van der Waals surface area contributed by atoms with Crippen LogP contribution in [0.15, 0.2) is 11.5 Å². The number of unbranched alkanes of at least 4 members (excludes halogenated alkanes) is 1. The monoisotopic (exact) mass is 214 g/mol. The molecule has 0 aliphatic heterocycles. The third-order valence-corrected chi connectivity index (χ3v) is 3.08. The van der Waals surface area contributed by atoms with Crippen molar-refractivity contribution in [1.82, 2.24) is 14.8 Å². The molecule has 1 atom stereocenters. The third-order valence-electron chi connectivity index (χ3n) is 1.95. The lowest BCUT2D eigenvalue weighted by Gasteiger charge is -2.03. The maximum absolute atomic E-state index is 5.66. The first-order valence-corrected chi connectivity index (χ1v) is 5.91. The molecule has 0 bridgehead atoms. The highest BCUT2D eigenvalue weighted by atomic mass is 32.2. The van der Waals surface area contributed by atoms with Crippen molar-refractivity contribution >= 4 is 11.8 Å². The maximum atomic E-state index is 5.66. The number of aryl methyl sites for hydroxylation is 1. The summed E-state index contributed by atoms with van der Waals surface area (Å²) in [4.78, 5) is 0. The molecule has 0 amide bonds. The van der Waals surface area contributed by atoms with Gasteiger partial charge in [-0.25, -0.2) is 0 Å². The van der Waals surface area contributed by atoms with Gasteiger partial charge >= 0.3 is 0 Å². The normalized spacial score (nSPS) is 13.1. The second kappa shape index (κ2) is 6.03. The molecule has 0 aliphatic rings. The lowest BCUT2D eigenvalue weighted by Crippen LogP contribution is -2.14. The molecule has 1 aromatic rings. The SMILES string of the molecule is CC(N)CCCCSc1nncn1C. The topological polar surface area (TPSA) is 56.7 Å². The number of aromatic nitrogens is 3. The molecule has 80 valence electrons. The van der Waals surface area contributed by atoms with Crippen LogP contribution in [0.25, 0.3) is 0 Å². The molecule has 0 aliphatic carbocycles. The minimum absolute atomic E-state index is 0.329. The van der Waals surface area contributed by atoms with Gasteiger partial charge in [-0.3, -0.25) is 0 Å². The number of nitrogens with zero attached hydrogens (tertiary/aromatic N) is 3. The van der Waals surface area contributed by atoms with Gasteiger partial charge in [0.1, 0.15) is 6.33 Å². The standard InChI is InChI=1S/C9H18N4S/c1-8(10)5-3-4-6-14-9-12-11-7-13(9)2/h7-8H,3-6,10H2,1-2H3. The van der Waals surface area contributed by atoms with E-state index in [1.165, 1.54) is 12.8 Å². The fourth-order valence-corrected chi connectivity index (χ4v) is 2.02. The van der Waals surface area contributed by atoms with Crippen LogP contribution in [0.2, 0.25) is 0 Å². The fourth-order valence-electron chi connectivity index (χ4n) is 1.14. The second-order valence-corrected chi connectivity index (χ2v) is 4.61. The maximum Gasteiger partial charge on any atom is 0.190 e. The minimum atomic E-state index is 0.329. The summed E-state index contributed by atoms with van der Waals surface area (Å²) >= 11 is 1.75. The van der Waals surface area contributed by atoms with E-state index < -0.39 is 0 Å². The zero-order chi connectivity index (χ0) is 10.4. The average Bonchev–Trinajstić information content (AvgIpc) is 2.51. The van der Waals surface area contributed by atoms with Crippen molar-refractivity contribution in [2.24, 2.45) is 12.8 Å². The van der Waals surface area contributed by atoms with Gasteiger partial charge in [0.25, 0.3) is 0 Å². The van der Waals surface area contributed by atoms with Crippen LogP contribution in [0.1, 0.15) is 26.2 Å². The Morgan fingerprint density at radius 1 is 1.57 bits per heavy atom. The lowest BCUT2D eigenvalue weighted by molar-refractivity contribution is 0.618. The molecular formula is C9H18N4S. The Morgan fingerprint density at radius 3 is 2.93 bits per heavy atom. The highest BCUT2D eigenvalue weighted by Gasteiger charge is 2.00. The highest BCUT2D eigenvalue weighted by molar-refractivity contribution is 7.99. The van der Waals surface area contributed by atoms with Gasteiger partial charge in [0.05, 0.1) is 0 Å². The fraction of sp³-hybridized carbons (Fsp3) is 0.778. The van der Waals surface area contributed by atoms with E-state index in [0.717, 1.165) is 17.3 Å². The summed E-state index contributed by atoms with van der Waals surface area (Å²) < 4.78 is 1.94. The van der Waals surface area contributed by atoms with Crippen molar-refractivity contribution in [3.05, 3.63) is 6.33 Å². The van der Waals surface area contributed by atoms with Crippen molar-refractivity contribution < 1.29 is 0 Å². The van der Waals surface area contributed by atoms with Crippen LogP contribution in [0.4, 0.5) is 0 Å². The smallest absolute Gasteiger partial charge is 0.190 e. The molecule has 0 spiro atoms. The summed E-state index contributed by atoms with van der Waals surface area (Å²) in [5.74, 6) is 1.10. The van der Waals surface area contributed by atoms with Gasteiger partial charge in [0.15, 0.2) is 5.16 Å². The molecule has 1 heterocycles. The largest absolute Gasteiger partial charge is 0.328 e. The Kier molecular flexibility index (Phi) is 4.97. The van der Waals surface area contributed by atoms with E-state index in [0.29, 0.717) is 6.04 Å². The number of hydrogen-bond acceptors (Lipinski definition) is 4. The summed E-state index contributed by atoms with van der Waals surface area (Å²) in [6, 6.07) is 0.329. The van der Waals surface area contributed by atoms with Gasteiger partial charge in [-0.05, 0) is 19.8 Å². The molecule has 0 fully saturated rings. The first-order valence-electron chi connectivity index (χ1n) is 4.92. The number of thioether (sulfide) groups is 1. The van der Waals surface area contributed by atoms with Crippen LogP contribution < -0.4 is 5.73 Å². The third kappa shape index (κ3) is 4.11. The van der Waals surface area contributed by atoms with Crippen LogP contribution >= 0.6 is 11.8 Å². The Morgan fingerprint density at radius 2 is 2.36 bits per heavy atom. The minimum Gasteiger partial charge on any atom is -0.328 e. The van der Waals surface area contributed by atoms with Gasteiger partial charge in [-0.15, -0.1) is 10.2 Å². The van der Waals surface area contributed by atoms with Crippen molar-refractivity contribution in [2.45, 2.75) is 37.4 Å². The highest BCUT2D eigenvalue weighted by Crippen LogP contribution is 2.15. The zero-order valence-electron chi connectivity index (χ0n) is 8.81. The predicted octanol–water partition coefficient (Wildman–Crippen LogP) is 1.42. The van der Waals surface area contributed by atoms with Crippen LogP contribution in [0, 0.1) is 0 Å². The molecule has 0 aromatic carbocycles. The average molecular weight is 214 g/mol. The quantitative estimate of drug-likeness (QED) is 0.575. The first-order chi connectivity index (χ1) is 6.70. The van der Waals surface area contributed by atoms with E-state index in [4.69, 9.17) is 5.73 Å². The summed E-state index contributed by atoms with van der Waals surface area (Å²) in [5, 5.41) is 8.81. The number of rotatable bonds is 6. The summed E-state index contributed by atoms with van der Waals surface area (Å²) in [5.41, 5.74) is 5.66. The predicted molar refractivity (Wildman–Crippen MR) is 59.2 cm³/mol. The van der Waals surface area contributed by atoms with E-state index in [-0.39, 0.29) is 0 Å². The molecule has 1 rings (SSSR count). The van der Waals surface area contributed by atoms with E-state index in [1.54, 1.807) is 18.1 Å².